The Hall–Kier alpha value is -2.40. The third-order valence-corrected chi connectivity index (χ3v) is 2.90. The molecule has 0 saturated carbocycles. The van der Waals surface area contributed by atoms with Gasteiger partial charge in [-0.25, -0.2) is 0 Å². The third kappa shape index (κ3) is 3.33. The van der Waals surface area contributed by atoms with Crippen molar-refractivity contribution in [3.8, 4) is 5.75 Å². The first-order chi connectivity index (χ1) is 9.58. The standard InChI is InChI=1S/C15H15NO4/c1-11(17)13-7-8-15(14(9-13)16(18)19)20-10-12-5-3-2-4-6-12/h2-9,11,17H,10H2,1H3/t11-/m0/s1. The van der Waals surface area contributed by atoms with Gasteiger partial charge in [0.05, 0.1) is 11.0 Å². The van der Waals surface area contributed by atoms with Crippen LogP contribution in [0.5, 0.6) is 5.75 Å². The number of ether oxygens (including phenoxy) is 1. The zero-order valence-electron chi connectivity index (χ0n) is 11.0. The third-order valence-electron chi connectivity index (χ3n) is 2.90. The topological polar surface area (TPSA) is 72.6 Å². The lowest BCUT2D eigenvalue weighted by Crippen LogP contribution is -2.01. The molecule has 2 aromatic rings. The molecule has 0 radical (unpaired) electrons. The van der Waals surface area contributed by atoms with Crippen LogP contribution in [0.15, 0.2) is 48.5 Å². The monoisotopic (exact) mass is 273 g/mol. The molecule has 0 amide bonds. The molecule has 0 aliphatic carbocycles. The van der Waals surface area contributed by atoms with E-state index in [0.29, 0.717) is 5.56 Å². The Morgan fingerprint density at radius 2 is 1.95 bits per heavy atom. The van der Waals surface area contributed by atoms with Crippen molar-refractivity contribution in [2.24, 2.45) is 0 Å². The highest BCUT2D eigenvalue weighted by Crippen LogP contribution is 2.30. The van der Waals surface area contributed by atoms with Crippen LogP contribution in [0.2, 0.25) is 0 Å². The van der Waals surface area contributed by atoms with Crippen molar-refractivity contribution in [1.29, 1.82) is 0 Å². The van der Waals surface area contributed by atoms with Crippen molar-refractivity contribution in [1.82, 2.24) is 0 Å². The molecule has 0 unspecified atom stereocenters. The Kier molecular flexibility index (Phi) is 4.32. The predicted molar refractivity (Wildman–Crippen MR) is 74.5 cm³/mol. The summed E-state index contributed by atoms with van der Waals surface area (Å²) in [4.78, 5) is 10.5. The summed E-state index contributed by atoms with van der Waals surface area (Å²) in [6, 6.07) is 13.9. The number of hydrogen-bond donors (Lipinski definition) is 1. The number of aliphatic hydroxyl groups is 1. The molecular weight excluding hydrogens is 258 g/mol. The fourth-order valence-electron chi connectivity index (χ4n) is 1.79. The van der Waals surface area contributed by atoms with Crippen molar-refractivity contribution in [3.05, 3.63) is 69.8 Å². The van der Waals surface area contributed by atoms with E-state index in [1.54, 1.807) is 13.0 Å². The van der Waals surface area contributed by atoms with Crippen LogP contribution in [-0.4, -0.2) is 10.0 Å². The fraction of sp³-hybridized carbons (Fsp3) is 0.200. The highest BCUT2D eigenvalue weighted by molar-refractivity contribution is 5.49. The van der Waals surface area contributed by atoms with Gasteiger partial charge in [-0.15, -0.1) is 0 Å². The first kappa shape index (κ1) is 14.0. The molecule has 0 heterocycles. The van der Waals surface area contributed by atoms with E-state index in [1.807, 2.05) is 30.3 Å². The molecule has 0 aliphatic heterocycles. The largest absolute Gasteiger partial charge is 0.482 e. The van der Waals surface area contributed by atoms with Gasteiger partial charge in [-0.1, -0.05) is 36.4 Å². The van der Waals surface area contributed by atoms with Crippen LogP contribution in [0.3, 0.4) is 0 Å². The van der Waals surface area contributed by atoms with Gasteiger partial charge in [0, 0.05) is 6.07 Å². The molecule has 0 spiro atoms. The number of nitro groups is 1. The average molecular weight is 273 g/mol. The second-order valence-corrected chi connectivity index (χ2v) is 4.43. The van der Waals surface area contributed by atoms with E-state index in [1.165, 1.54) is 12.1 Å². The molecule has 1 N–H and O–H groups in total. The summed E-state index contributed by atoms with van der Waals surface area (Å²) in [7, 11) is 0. The molecule has 0 aliphatic rings. The Morgan fingerprint density at radius 3 is 2.55 bits per heavy atom. The lowest BCUT2D eigenvalue weighted by Gasteiger charge is -2.09. The van der Waals surface area contributed by atoms with Gasteiger partial charge in [0.1, 0.15) is 6.61 Å². The molecule has 5 heteroatoms. The first-order valence-electron chi connectivity index (χ1n) is 6.21. The Labute approximate surface area is 116 Å². The second kappa shape index (κ2) is 6.16. The predicted octanol–water partition coefficient (Wildman–Crippen LogP) is 3.23. The van der Waals surface area contributed by atoms with Crippen molar-refractivity contribution in [2.75, 3.05) is 0 Å². The summed E-state index contributed by atoms with van der Waals surface area (Å²) < 4.78 is 5.50. The van der Waals surface area contributed by atoms with E-state index in [2.05, 4.69) is 0 Å². The van der Waals surface area contributed by atoms with Crippen LogP contribution in [0.4, 0.5) is 5.69 Å². The summed E-state index contributed by atoms with van der Waals surface area (Å²) in [5.41, 5.74) is 1.28. The maximum absolute atomic E-state index is 11.1. The van der Waals surface area contributed by atoms with Gasteiger partial charge in [0.2, 0.25) is 0 Å². The molecule has 104 valence electrons. The zero-order chi connectivity index (χ0) is 14.5. The van der Waals surface area contributed by atoms with Gasteiger partial charge >= 0.3 is 5.69 Å². The molecule has 0 bridgehead atoms. The van der Waals surface area contributed by atoms with Crippen molar-refractivity contribution < 1.29 is 14.8 Å². The minimum Gasteiger partial charge on any atom is -0.482 e. The van der Waals surface area contributed by atoms with Crippen LogP contribution >= 0.6 is 0 Å². The Balaban J connectivity index is 2.21. The number of benzene rings is 2. The molecule has 2 rings (SSSR count). The molecule has 2 aromatic carbocycles. The number of nitro benzene ring substituents is 1. The quantitative estimate of drug-likeness (QED) is 0.670. The first-order valence-corrected chi connectivity index (χ1v) is 6.21. The number of hydrogen-bond acceptors (Lipinski definition) is 4. The van der Waals surface area contributed by atoms with Crippen molar-refractivity contribution in [2.45, 2.75) is 19.6 Å². The summed E-state index contributed by atoms with van der Waals surface area (Å²) in [6.45, 7) is 1.82. The van der Waals surface area contributed by atoms with Gasteiger partial charge in [-0.2, -0.15) is 0 Å². The van der Waals surface area contributed by atoms with Crippen molar-refractivity contribution >= 4 is 5.69 Å². The molecule has 20 heavy (non-hydrogen) atoms. The fourth-order valence-corrected chi connectivity index (χ4v) is 1.79. The maximum Gasteiger partial charge on any atom is 0.311 e. The van der Waals surface area contributed by atoms with E-state index < -0.39 is 11.0 Å². The summed E-state index contributed by atoms with van der Waals surface area (Å²) in [6.07, 6.45) is -0.753. The van der Waals surface area contributed by atoms with E-state index in [-0.39, 0.29) is 18.0 Å². The normalized spacial score (nSPS) is 11.9. The number of rotatable bonds is 5. The molecule has 0 saturated heterocycles. The molecule has 0 aromatic heterocycles. The zero-order valence-corrected chi connectivity index (χ0v) is 11.0. The minimum atomic E-state index is -0.753. The Morgan fingerprint density at radius 1 is 1.25 bits per heavy atom. The second-order valence-electron chi connectivity index (χ2n) is 4.43. The van der Waals surface area contributed by atoms with Gasteiger partial charge in [0.15, 0.2) is 5.75 Å². The summed E-state index contributed by atoms with van der Waals surface area (Å²) >= 11 is 0. The van der Waals surface area contributed by atoms with Gasteiger partial charge < -0.3 is 9.84 Å². The van der Waals surface area contributed by atoms with Crippen LogP contribution in [0.1, 0.15) is 24.2 Å². The minimum absolute atomic E-state index is 0.140. The van der Waals surface area contributed by atoms with Gasteiger partial charge in [-0.3, -0.25) is 10.1 Å². The molecule has 5 nitrogen and oxygen atoms in total. The molecule has 1 atom stereocenters. The van der Waals surface area contributed by atoms with E-state index in [4.69, 9.17) is 4.74 Å². The number of aliphatic hydroxyl groups excluding tert-OH is 1. The molecular formula is C15H15NO4. The summed E-state index contributed by atoms with van der Waals surface area (Å²) in [5, 5.41) is 20.5. The smallest absolute Gasteiger partial charge is 0.311 e. The highest BCUT2D eigenvalue weighted by atomic mass is 16.6. The Bertz CT molecular complexity index is 596. The van der Waals surface area contributed by atoms with Crippen molar-refractivity contribution in [3.63, 3.8) is 0 Å². The highest BCUT2D eigenvalue weighted by Gasteiger charge is 2.17. The lowest BCUT2D eigenvalue weighted by atomic mass is 10.1. The average Bonchev–Trinajstić information content (AvgIpc) is 2.45. The van der Waals surface area contributed by atoms with Gasteiger partial charge in [0.25, 0.3) is 0 Å². The summed E-state index contributed by atoms with van der Waals surface area (Å²) in [5.74, 6) is 0.197. The van der Waals surface area contributed by atoms with E-state index >= 15 is 0 Å². The lowest BCUT2D eigenvalue weighted by molar-refractivity contribution is -0.386. The maximum atomic E-state index is 11.1. The number of nitrogens with zero attached hydrogens (tertiary/aromatic N) is 1. The SMILES string of the molecule is C[C@H](O)c1ccc(OCc2ccccc2)c([N+](=O)[O-])c1. The van der Waals surface area contributed by atoms with Crippen LogP contribution < -0.4 is 4.74 Å². The van der Waals surface area contributed by atoms with E-state index in [0.717, 1.165) is 5.56 Å². The van der Waals surface area contributed by atoms with E-state index in [9.17, 15) is 15.2 Å². The molecule has 0 fully saturated rings. The van der Waals surface area contributed by atoms with Gasteiger partial charge in [-0.05, 0) is 24.1 Å². The van der Waals surface area contributed by atoms with Crippen LogP contribution in [0, 0.1) is 10.1 Å². The van der Waals surface area contributed by atoms with Crippen LogP contribution in [-0.2, 0) is 6.61 Å². The van der Waals surface area contributed by atoms with Crippen LogP contribution in [0.25, 0.3) is 0 Å².